The number of nitrogens with one attached hydrogen (secondary N) is 1. The van der Waals surface area contributed by atoms with E-state index in [9.17, 15) is 4.79 Å². The Balaban J connectivity index is 1.66. The Morgan fingerprint density at radius 3 is 2.45 bits per heavy atom. The van der Waals surface area contributed by atoms with E-state index in [0.717, 1.165) is 10.9 Å². The standard InChI is InChI=1S/C21H21ClN2O5/c1-26-17-10-19(28-3)18(27-2)9-13(17)11-24-20(25)12-29-16-7-6-15(22)14-5-4-8-23-21(14)16/h4-10H,11-12H2,1-3H3,(H,24,25). The Morgan fingerprint density at radius 1 is 1.00 bits per heavy atom. The third-order valence-corrected chi connectivity index (χ3v) is 4.63. The molecule has 1 heterocycles. The van der Waals surface area contributed by atoms with E-state index in [0.29, 0.717) is 33.5 Å². The molecular weight excluding hydrogens is 396 g/mol. The van der Waals surface area contributed by atoms with Crippen LogP contribution in [0, 0.1) is 0 Å². The number of halogens is 1. The second-order valence-corrected chi connectivity index (χ2v) is 6.44. The zero-order chi connectivity index (χ0) is 20.8. The lowest BCUT2D eigenvalue weighted by Gasteiger charge is -2.15. The molecule has 1 aromatic heterocycles. The number of carbonyl (C=O) groups excluding carboxylic acids is 1. The van der Waals surface area contributed by atoms with Crippen LogP contribution in [0.15, 0.2) is 42.6 Å². The summed E-state index contributed by atoms with van der Waals surface area (Å²) in [6.45, 7) is 0.0776. The molecule has 0 fully saturated rings. The fraction of sp³-hybridized carbons (Fsp3) is 0.238. The summed E-state index contributed by atoms with van der Waals surface area (Å²) in [5.41, 5.74) is 1.35. The van der Waals surface area contributed by atoms with Gasteiger partial charge in [0.15, 0.2) is 18.1 Å². The number of benzene rings is 2. The van der Waals surface area contributed by atoms with Gasteiger partial charge in [0.25, 0.3) is 5.91 Å². The second kappa shape index (κ2) is 9.34. The monoisotopic (exact) mass is 416 g/mol. The minimum Gasteiger partial charge on any atom is -0.496 e. The lowest BCUT2D eigenvalue weighted by molar-refractivity contribution is -0.123. The van der Waals surface area contributed by atoms with E-state index < -0.39 is 0 Å². The number of methoxy groups -OCH3 is 3. The van der Waals surface area contributed by atoms with Gasteiger partial charge >= 0.3 is 0 Å². The highest BCUT2D eigenvalue weighted by Gasteiger charge is 2.14. The number of hydrogen-bond donors (Lipinski definition) is 1. The Bertz CT molecular complexity index is 1030. The van der Waals surface area contributed by atoms with Gasteiger partial charge in [-0.1, -0.05) is 11.6 Å². The smallest absolute Gasteiger partial charge is 0.258 e. The quantitative estimate of drug-likeness (QED) is 0.604. The van der Waals surface area contributed by atoms with Crippen LogP contribution >= 0.6 is 11.6 Å². The maximum atomic E-state index is 12.3. The first kappa shape index (κ1) is 20.5. The highest BCUT2D eigenvalue weighted by molar-refractivity contribution is 6.35. The van der Waals surface area contributed by atoms with Crippen molar-refractivity contribution in [1.29, 1.82) is 0 Å². The van der Waals surface area contributed by atoms with Crippen LogP contribution in [0.2, 0.25) is 5.02 Å². The van der Waals surface area contributed by atoms with Gasteiger partial charge < -0.3 is 24.3 Å². The Morgan fingerprint density at radius 2 is 1.72 bits per heavy atom. The van der Waals surface area contributed by atoms with Crippen molar-refractivity contribution in [2.24, 2.45) is 0 Å². The number of amides is 1. The van der Waals surface area contributed by atoms with E-state index in [4.69, 9.17) is 30.5 Å². The van der Waals surface area contributed by atoms with Crippen molar-refractivity contribution in [2.45, 2.75) is 6.54 Å². The van der Waals surface area contributed by atoms with Crippen LogP contribution in [0.25, 0.3) is 10.9 Å². The number of ether oxygens (including phenoxy) is 4. The zero-order valence-corrected chi connectivity index (χ0v) is 17.1. The molecule has 29 heavy (non-hydrogen) atoms. The fourth-order valence-electron chi connectivity index (χ4n) is 2.85. The van der Waals surface area contributed by atoms with Gasteiger partial charge in [0.05, 0.1) is 26.4 Å². The van der Waals surface area contributed by atoms with Gasteiger partial charge in [0, 0.05) is 29.8 Å². The van der Waals surface area contributed by atoms with Crippen LogP contribution in [0.1, 0.15) is 5.56 Å². The number of carbonyl (C=O) groups is 1. The Hall–Kier alpha value is -3.19. The number of rotatable bonds is 8. The molecule has 8 heteroatoms. The van der Waals surface area contributed by atoms with Crippen molar-refractivity contribution in [3.05, 3.63) is 53.2 Å². The highest BCUT2D eigenvalue weighted by Crippen LogP contribution is 2.34. The van der Waals surface area contributed by atoms with Crippen LogP contribution in [0.3, 0.4) is 0 Å². The fourth-order valence-corrected chi connectivity index (χ4v) is 3.06. The molecule has 0 atom stereocenters. The summed E-state index contributed by atoms with van der Waals surface area (Å²) < 4.78 is 21.6. The molecule has 152 valence electrons. The van der Waals surface area contributed by atoms with Crippen LogP contribution in [-0.2, 0) is 11.3 Å². The summed E-state index contributed by atoms with van der Waals surface area (Å²) in [7, 11) is 4.64. The molecule has 1 amide bonds. The molecule has 0 saturated heterocycles. The number of nitrogens with zero attached hydrogens (tertiary/aromatic N) is 1. The summed E-state index contributed by atoms with van der Waals surface area (Å²) in [4.78, 5) is 16.6. The first-order valence-electron chi connectivity index (χ1n) is 8.79. The summed E-state index contributed by atoms with van der Waals surface area (Å²) in [6, 6.07) is 10.5. The molecule has 0 aliphatic rings. The van der Waals surface area contributed by atoms with Crippen LogP contribution in [0.4, 0.5) is 0 Å². The lowest BCUT2D eigenvalue weighted by Crippen LogP contribution is -2.28. The molecule has 0 radical (unpaired) electrons. The maximum Gasteiger partial charge on any atom is 0.258 e. The highest BCUT2D eigenvalue weighted by atomic mass is 35.5. The minimum atomic E-state index is -0.291. The first-order chi connectivity index (χ1) is 14.1. The molecule has 3 rings (SSSR count). The lowest BCUT2D eigenvalue weighted by atomic mass is 10.1. The van der Waals surface area contributed by atoms with Crippen molar-refractivity contribution in [2.75, 3.05) is 27.9 Å². The summed E-state index contributed by atoms with van der Waals surface area (Å²) in [6.07, 6.45) is 1.65. The van der Waals surface area contributed by atoms with Crippen molar-refractivity contribution < 1.29 is 23.7 Å². The number of hydrogen-bond acceptors (Lipinski definition) is 6. The summed E-state index contributed by atoms with van der Waals surface area (Å²) in [5, 5.41) is 4.15. The van der Waals surface area contributed by atoms with Crippen LogP contribution in [0.5, 0.6) is 23.0 Å². The summed E-state index contributed by atoms with van der Waals surface area (Å²) in [5.74, 6) is 1.87. The molecule has 3 aromatic rings. The van der Waals surface area contributed by atoms with Crippen molar-refractivity contribution in [3.63, 3.8) is 0 Å². The molecule has 0 unspecified atom stereocenters. The molecule has 0 aliphatic heterocycles. The number of aromatic nitrogens is 1. The zero-order valence-electron chi connectivity index (χ0n) is 16.3. The Kier molecular flexibility index (Phi) is 6.61. The van der Waals surface area contributed by atoms with E-state index in [-0.39, 0.29) is 19.1 Å². The molecule has 0 bridgehead atoms. The van der Waals surface area contributed by atoms with Crippen molar-refractivity contribution in [1.82, 2.24) is 10.3 Å². The van der Waals surface area contributed by atoms with E-state index >= 15 is 0 Å². The predicted octanol–water partition coefficient (Wildman–Crippen LogP) is 3.61. The molecular formula is C21H21ClN2O5. The molecule has 0 spiro atoms. The average Bonchev–Trinajstić information content (AvgIpc) is 2.76. The van der Waals surface area contributed by atoms with E-state index in [1.165, 1.54) is 0 Å². The maximum absolute atomic E-state index is 12.3. The van der Waals surface area contributed by atoms with E-state index in [2.05, 4.69) is 10.3 Å². The minimum absolute atomic E-state index is 0.164. The largest absolute Gasteiger partial charge is 0.496 e. The third-order valence-electron chi connectivity index (χ3n) is 4.30. The SMILES string of the molecule is COc1cc(OC)c(OC)cc1CNC(=O)COc1ccc(Cl)c2cccnc12. The second-order valence-electron chi connectivity index (χ2n) is 6.03. The predicted molar refractivity (Wildman–Crippen MR) is 110 cm³/mol. The van der Waals surface area contributed by atoms with Crippen molar-refractivity contribution in [3.8, 4) is 23.0 Å². The molecule has 2 aromatic carbocycles. The van der Waals surface area contributed by atoms with Gasteiger partial charge in [-0.2, -0.15) is 0 Å². The topological polar surface area (TPSA) is 78.9 Å². The first-order valence-corrected chi connectivity index (χ1v) is 9.16. The van der Waals surface area contributed by atoms with E-state index in [1.54, 1.807) is 57.9 Å². The van der Waals surface area contributed by atoms with Crippen molar-refractivity contribution >= 4 is 28.4 Å². The molecule has 0 aliphatic carbocycles. The van der Waals surface area contributed by atoms with Gasteiger partial charge in [0.1, 0.15) is 17.0 Å². The summed E-state index contributed by atoms with van der Waals surface area (Å²) >= 11 is 6.18. The van der Waals surface area contributed by atoms with Gasteiger partial charge in [-0.25, -0.2) is 0 Å². The third kappa shape index (κ3) is 4.63. The van der Waals surface area contributed by atoms with Crippen LogP contribution < -0.4 is 24.3 Å². The average molecular weight is 417 g/mol. The molecule has 0 saturated carbocycles. The van der Waals surface area contributed by atoms with Gasteiger partial charge in [0.2, 0.25) is 0 Å². The van der Waals surface area contributed by atoms with E-state index in [1.807, 2.05) is 6.07 Å². The normalized spacial score (nSPS) is 10.5. The molecule has 7 nitrogen and oxygen atoms in total. The number of pyridine rings is 1. The molecule has 1 N–H and O–H groups in total. The van der Waals surface area contributed by atoms with Gasteiger partial charge in [-0.3, -0.25) is 9.78 Å². The van der Waals surface area contributed by atoms with Gasteiger partial charge in [-0.05, 0) is 30.3 Å². The van der Waals surface area contributed by atoms with Crippen LogP contribution in [-0.4, -0.2) is 38.8 Å². The van der Waals surface area contributed by atoms with Gasteiger partial charge in [-0.15, -0.1) is 0 Å². The number of fused-ring (bicyclic) bond motifs is 1. The Labute approximate surface area is 173 Å².